The van der Waals surface area contributed by atoms with Gasteiger partial charge in [-0.3, -0.25) is 9.59 Å². The molecule has 0 aromatic heterocycles. The SMILES string of the molecule is C=C/C=C(\C=C)CC(NCCC(=O)O)C(=O)O. The van der Waals surface area contributed by atoms with Crippen molar-refractivity contribution in [1.82, 2.24) is 5.32 Å². The van der Waals surface area contributed by atoms with E-state index in [1.807, 2.05) is 0 Å². The average molecular weight is 239 g/mol. The zero-order valence-electron chi connectivity index (χ0n) is 9.56. The molecule has 94 valence electrons. The fourth-order valence-electron chi connectivity index (χ4n) is 1.21. The molecule has 1 unspecified atom stereocenters. The molecule has 0 rings (SSSR count). The molecule has 1 atom stereocenters. The van der Waals surface area contributed by atoms with Crippen molar-refractivity contribution in [2.45, 2.75) is 18.9 Å². The van der Waals surface area contributed by atoms with Gasteiger partial charge >= 0.3 is 11.9 Å². The van der Waals surface area contributed by atoms with Crippen LogP contribution >= 0.6 is 0 Å². The van der Waals surface area contributed by atoms with E-state index in [1.165, 1.54) is 0 Å². The number of rotatable bonds is 9. The molecule has 0 saturated carbocycles. The van der Waals surface area contributed by atoms with Crippen LogP contribution in [0.1, 0.15) is 12.8 Å². The van der Waals surface area contributed by atoms with Crippen molar-refractivity contribution in [2.24, 2.45) is 0 Å². The van der Waals surface area contributed by atoms with Crippen molar-refractivity contribution in [3.05, 3.63) is 37.0 Å². The summed E-state index contributed by atoms with van der Waals surface area (Å²) in [7, 11) is 0. The number of carbonyl (C=O) groups is 2. The molecule has 17 heavy (non-hydrogen) atoms. The lowest BCUT2D eigenvalue weighted by molar-refractivity contribution is -0.140. The predicted molar refractivity (Wildman–Crippen MR) is 64.8 cm³/mol. The number of aliphatic carboxylic acids is 2. The molecule has 0 radical (unpaired) electrons. The van der Waals surface area contributed by atoms with Crippen LogP contribution in [0.15, 0.2) is 37.0 Å². The number of carboxylic acid groups (broad SMARTS) is 2. The van der Waals surface area contributed by atoms with E-state index < -0.39 is 18.0 Å². The van der Waals surface area contributed by atoms with Gasteiger partial charge in [0.1, 0.15) is 6.04 Å². The van der Waals surface area contributed by atoms with Crippen LogP contribution in [0.4, 0.5) is 0 Å². The third-order valence-electron chi connectivity index (χ3n) is 2.06. The molecule has 0 heterocycles. The Labute approximate surface area is 100 Å². The van der Waals surface area contributed by atoms with Gasteiger partial charge < -0.3 is 15.5 Å². The van der Waals surface area contributed by atoms with Crippen LogP contribution in [0.5, 0.6) is 0 Å². The Kier molecular flexibility index (Phi) is 7.38. The summed E-state index contributed by atoms with van der Waals surface area (Å²) < 4.78 is 0. The van der Waals surface area contributed by atoms with E-state index in [1.54, 1.807) is 18.2 Å². The van der Waals surface area contributed by atoms with Crippen LogP contribution in [0.25, 0.3) is 0 Å². The number of carboxylic acids is 2. The quantitative estimate of drug-likeness (QED) is 0.526. The van der Waals surface area contributed by atoms with Gasteiger partial charge in [0.15, 0.2) is 0 Å². The lowest BCUT2D eigenvalue weighted by Crippen LogP contribution is -2.38. The number of hydrogen-bond acceptors (Lipinski definition) is 3. The van der Waals surface area contributed by atoms with Crippen molar-refractivity contribution < 1.29 is 19.8 Å². The smallest absolute Gasteiger partial charge is 0.321 e. The molecular weight excluding hydrogens is 222 g/mol. The Morgan fingerprint density at radius 3 is 2.35 bits per heavy atom. The maximum absolute atomic E-state index is 10.9. The zero-order valence-corrected chi connectivity index (χ0v) is 9.56. The lowest BCUT2D eigenvalue weighted by Gasteiger charge is -2.14. The lowest BCUT2D eigenvalue weighted by atomic mass is 10.1. The average Bonchev–Trinajstić information content (AvgIpc) is 2.25. The Morgan fingerprint density at radius 1 is 1.29 bits per heavy atom. The van der Waals surface area contributed by atoms with Crippen molar-refractivity contribution in [3.8, 4) is 0 Å². The summed E-state index contributed by atoms with van der Waals surface area (Å²) in [6.07, 6.45) is 4.90. The maximum Gasteiger partial charge on any atom is 0.321 e. The van der Waals surface area contributed by atoms with E-state index in [9.17, 15) is 9.59 Å². The number of hydrogen-bond donors (Lipinski definition) is 3. The Balaban J connectivity index is 4.37. The minimum atomic E-state index is -1.02. The van der Waals surface area contributed by atoms with Crippen molar-refractivity contribution in [2.75, 3.05) is 6.54 Å². The Morgan fingerprint density at radius 2 is 1.94 bits per heavy atom. The van der Waals surface area contributed by atoms with Crippen LogP contribution in [0.3, 0.4) is 0 Å². The Bertz CT molecular complexity index is 333. The summed E-state index contributed by atoms with van der Waals surface area (Å²) in [6, 6.07) is -0.821. The number of allylic oxidation sites excluding steroid dienone is 3. The van der Waals surface area contributed by atoms with Crippen LogP contribution < -0.4 is 5.32 Å². The first-order valence-electron chi connectivity index (χ1n) is 5.13. The minimum absolute atomic E-state index is 0.113. The number of nitrogens with one attached hydrogen (secondary N) is 1. The van der Waals surface area contributed by atoms with Gasteiger partial charge in [-0.1, -0.05) is 31.4 Å². The summed E-state index contributed by atoms with van der Waals surface area (Å²) in [4.78, 5) is 21.2. The highest BCUT2D eigenvalue weighted by Crippen LogP contribution is 2.07. The highest BCUT2D eigenvalue weighted by atomic mass is 16.4. The molecule has 0 aliphatic heterocycles. The van der Waals surface area contributed by atoms with Crippen LogP contribution in [0, 0.1) is 0 Å². The first kappa shape index (κ1) is 15.1. The minimum Gasteiger partial charge on any atom is -0.481 e. The molecule has 5 heteroatoms. The molecule has 0 spiro atoms. The molecule has 0 aromatic rings. The third-order valence-corrected chi connectivity index (χ3v) is 2.06. The molecule has 0 aliphatic carbocycles. The summed E-state index contributed by atoms with van der Waals surface area (Å²) in [5.41, 5.74) is 0.732. The van der Waals surface area contributed by atoms with Gasteiger partial charge in [-0.15, -0.1) is 0 Å². The second-order valence-electron chi connectivity index (χ2n) is 3.37. The van der Waals surface area contributed by atoms with Gasteiger partial charge in [0.2, 0.25) is 0 Å². The fourth-order valence-corrected chi connectivity index (χ4v) is 1.21. The van der Waals surface area contributed by atoms with E-state index in [4.69, 9.17) is 10.2 Å². The van der Waals surface area contributed by atoms with Crippen molar-refractivity contribution >= 4 is 11.9 Å². The van der Waals surface area contributed by atoms with E-state index in [-0.39, 0.29) is 19.4 Å². The van der Waals surface area contributed by atoms with Crippen molar-refractivity contribution in [1.29, 1.82) is 0 Å². The fraction of sp³-hybridized carbons (Fsp3) is 0.333. The molecular formula is C12H17NO4. The maximum atomic E-state index is 10.9. The van der Waals surface area contributed by atoms with Crippen LogP contribution in [0.2, 0.25) is 0 Å². The van der Waals surface area contributed by atoms with Crippen LogP contribution in [-0.2, 0) is 9.59 Å². The molecule has 0 aliphatic rings. The van der Waals surface area contributed by atoms with Gasteiger partial charge in [0.05, 0.1) is 6.42 Å². The first-order chi connectivity index (χ1) is 8.01. The highest BCUT2D eigenvalue weighted by Gasteiger charge is 2.17. The van der Waals surface area contributed by atoms with Gasteiger partial charge in [0.25, 0.3) is 0 Å². The molecule has 0 saturated heterocycles. The molecule has 0 bridgehead atoms. The Hall–Kier alpha value is -1.88. The highest BCUT2D eigenvalue weighted by molar-refractivity contribution is 5.74. The van der Waals surface area contributed by atoms with Gasteiger partial charge in [0, 0.05) is 6.54 Å². The molecule has 0 fully saturated rings. The summed E-state index contributed by atoms with van der Waals surface area (Å²) in [6.45, 7) is 7.20. The summed E-state index contributed by atoms with van der Waals surface area (Å²) >= 11 is 0. The van der Waals surface area contributed by atoms with E-state index in [2.05, 4.69) is 18.5 Å². The monoisotopic (exact) mass is 239 g/mol. The molecule has 5 nitrogen and oxygen atoms in total. The summed E-state index contributed by atoms with van der Waals surface area (Å²) in [5, 5.41) is 20.1. The normalized spacial score (nSPS) is 12.8. The van der Waals surface area contributed by atoms with Crippen LogP contribution in [-0.4, -0.2) is 34.7 Å². The van der Waals surface area contributed by atoms with Gasteiger partial charge in [-0.25, -0.2) is 0 Å². The molecule has 0 amide bonds. The second kappa shape index (κ2) is 8.29. The molecule has 0 aromatic carbocycles. The van der Waals surface area contributed by atoms with E-state index in [0.717, 1.165) is 5.57 Å². The largest absolute Gasteiger partial charge is 0.481 e. The predicted octanol–water partition coefficient (Wildman–Crippen LogP) is 1.19. The van der Waals surface area contributed by atoms with Crippen molar-refractivity contribution in [3.63, 3.8) is 0 Å². The summed E-state index contributed by atoms with van der Waals surface area (Å²) in [5.74, 6) is -1.99. The molecule has 3 N–H and O–H groups in total. The first-order valence-corrected chi connectivity index (χ1v) is 5.13. The second-order valence-corrected chi connectivity index (χ2v) is 3.37. The van der Waals surface area contributed by atoms with Gasteiger partial charge in [-0.2, -0.15) is 0 Å². The van der Waals surface area contributed by atoms with Gasteiger partial charge in [-0.05, 0) is 12.0 Å². The third kappa shape index (κ3) is 7.08. The standard InChI is InChI=1S/C12H17NO4/c1-3-5-9(4-2)8-10(12(16)17)13-7-6-11(14)15/h3-5,10,13H,1-2,6-8H2,(H,14,15)(H,16,17)/b9-5+. The topological polar surface area (TPSA) is 86.6 Å². The van der Waals surface area contributed by atoms with E-state index >= 15 is 0 Å². The van der Waals surface area contributed by atoms with E-state index in [0.29, 0.717) is 0 Å². The zero-order chi connectivity index (χ0) is 13.3.